The molecule has 0 amide bonds. The van der Waals surface area contributed by atoms with Crippen molar-refractivity contribution in [3.63, 3.8) is 0 Å². The summed E-state index contributed by atoms with van der Waals surface area (Å²) >= 11 is 6.22. The molecule has 6 heteroatoms. The van der Waals surface area contributed by atoms with Crippen molar-refractivity contribution in [3.8, 4) is 11.3 Å². The van der Waals surface area contributed by atoms with E-state index in [1.807, 2.05) is 78.9 Å². The number of anilines is 1. The second-order valence-corrected chi connectivity index (χ2v) is 7.15. The molecule has 0 radical (unpaired) electrons. The smallest absolute Gasteiger partial charge is 0.244 e. The lowest BCUT2D eigenvalue weighted by atomic mass is 10.1. The normalized spacial score (nSPS) is 11.4. The predicted octanol–water partition coefficient (Wildman–Crippen LogP) is 5.94. The third kappa shape index (κ3) is 3.58. The molecule has 30 heavy (non-hydrogen) atoms. The second-order valence-electron chi connectivity index (χ2n) is 6.71. The van der Waals surface area contributed by atoms with Gasteiger partial charge in [0.05, 0.1) is 22.9 Å². The van der Waals surface area contributed by atoms with Crippen LogP contribution >= 0.6 is 11.6 Å². The average Bonchev–Trinajstić information content (AvgIpc) is 2.79. The van der Waals surface area contributed by atoms with Gasteiger partial charge in [-0.25, -0.2) is 15.4 Å². The Labute approximate surface area is 178 Å². The van der Waals surface area contributed by atoms with Gasteiger partial charge in [-0.15, -0.1) is 0 Å². The highest BCUT2D eigenvalue weighted by molar-refractivity contribution is 6.31. The zero-order chi connectivity index (χ0) is 20.3. The standard InChI is InChI=1S/C24H16ClN5/c25-18-10-11-22-20(14-18)23(16-6-2-1-3-7-16)29-24(28-22)30-27-15-17-12-13-26-21-9-5-4-8-19(17)21/h1-15H,(H,28,29,30)/b27-15+. The van der Waals surface area contributed by atoms with Crippen LogP contribution in [-0.4, -0.2) is 21.2 Å². The van der Waals surface area contributed by atoms with Gasteiger partial charge in [-0.05, 0) is 30.3 Å². The molecule has 0 atom stereocenters. The Morgan fingerprint density at radius 3 is 2.53 bits per heavy atom. The summed E-state index contributed by atoms with van der Waals surface area (Å²) in [5.41, 5.74) is 7.43. The Bertz CT molecular complexity index is 1380. The lowest BCUT2D eigenvalue weighted by Crippen LogP contribution is -2.00. The van der Waals surface area contributed by atoms with Crippen LogP contribution in [0.5, 0.6) is 0 Å². The van der Waals surface area contributed by atoms with Crippen LogP contribution in [0.4, 0.5) is 5.95 Å². The van der Waals surface area contributed by atoms with Gasteiger partial charge in [-0.3, -0.25) is 4.98 Å². The van der Waals surface area contributed by atoms with E-state index in [2.05, 4.69) is 20.5 Å². The fraction of sp³-hybridized carbons (Fsp3) is 0. The highest BCUT2D eigenvalue weighted by Crippen LogP contribution is 2.29. The van der Waals surface area contributed by atoms with Crippen molar-refractivity contribution in [1.29, 1.82) is 0 Å². The van der Waals surface area contributed by atoms with Gasteiger partial charge >= 0.3 is 0 Å². The van der Waals surface area contributed by atoms with Crippen LogP contribution in [0.2, 0.25) is 5.02 Å². The molecule has 0 aliphatic rings. The van der Waals surface area contributed by atoms with E-state index in [9.17, 15) is 0 Å². The third-order valence-corrected chi connectivity index (χ3v) is 4.99. The Morgan fingerprint density at radius 2 is 1.63 bits per heavy atom. The Hall–Kier alpha value is -3.83. The van der Waals surface area contributed by atoms with Crippen molar-refractivity contribution in [2.75, 3.05) is 5.43 Å². The molecule has 0 aliphatic heterocycles. The van der Waals surface area contributed by atoms with E-state index in [0.29, 0.717) is 11.0 Å². The number of rotatable bonds is 4. The SMILES string of the molecule is Clc1ccc2nc(N/N=C/c3ccnc4ccccc34)nc(-c3ccccc3)c2c1. The Kier molecular flexibility index (Phi) is 4.79. The fourth-order valence-corrected chi connectivity index (χ4v) is 3.53. The summed E-state index contributed by atoms with van der Waals surface area (Å²) in [5, 5.41) is 6.94. The molecule has 5 nitrogen and oxygen atoms in total. The molecule has 144 valence electrons. The molecule has 0 bridgehead atoms. The highest BCUT2D eigenvalue weighted by Gasteiger charge is 2.10. The average molecular weight is 410 g/mol. The number of pyridine rings is 1. The summed E-state index contributed by atoms with van der Waals surface area (Å²) in [6.45, 7) is 0. The summed E-state index contributed by atoms with van der Waals surface area (Å²) in [7, 11) is 0. The number of para-hydroxylation sites is 1. The third-order valence-electron chi connectivity index (χ3n) is 4.76. The van der Waals surface area contributed by atoms with Crippen LogP contribution in [0.1, 0.15) is 5.56 Å². The zero-order valence-electron chi connectivity index (χ0n) is 15.8. The summed E-state index contributed by atoms with van der Waals surface area (Å²) in [6.07, 6.45) is 3.52. The van der Waals surface area contributed by atoms with Crippen molar-refractivity contribution in [2.24, 2.45) is 5.10 Å². The van der Waals surface area contributed by atoms with Gasteiger partial charge in [-0.1, -0.05) is 60.1 Å². The maximum absolute atomic E-state index is 6.22. The van der Waals surface area contributed by atoms with Crippen molar-refractivity contribution in [2.45, 2.75) is 0 Å². The highest BCUT2D eigenvalue weighted by atomic mass is 35.5. The molecule has 5 aromatic rings. The van der Waals surface area contributed by atoms with Gasteiger partial charge in [0.25, 0.3) is 0 Å². The van der Waals surface area contributed by atoms with E-state index in [1.165, 1.54) is 0 Å². The van der Waals surface area contributed by atoms with Crippen LogP contribution in [0.25, 0.3) is 33.1 Å². The van der Waals surface area contributed by atoms with Crippen molar-refractivity contribution in [1.82, 2.24) is 15.0 Å². The first-order chi connectivity index (χ1) is 14.8. The lowest BCUT2D eigenvalue weighted by molar-refractivity contribution is 1.16. The molecule has 0 fully saturated rings. The molecule has 0 spiro atoms. The fourth-order valence-electron chi connectivity index (χ4n) is 3.36. The number of hydrogen-bond donors (Lipinski definition) is 1. The zero-order valence-corrected chi connectivity index (χ0v) is 16.6. The molecule has 2 heterocycles. The molecule has 5 rings (SSSR count). The van der Waals surface area contributed by atoms with Gasteiger partial charge in [0.2, 0.25) is 5.95 Å². The maximum Gasteiger partial charge on any atom is 0.244 e. The number of nitrogens with zero attached hydrogens (tertiary/aromatic N) is 4. The van der Waals surface area contributed by atoms with Gasteiger partial charge in [0.15, 0.2) is 0 Å². The van der Waals surface area contributed by atoms with Gasteiger partial charge in [-0.2, -0.15) is 5.10 Å². The molecule has 3 aromatic carbocycles. The molecule has 0 unspecified atom stereocenters. The summed E-state index contributed by atoms with van der Waals surface area (Å²) in [4.78, 5) is 13.7. The molecule has 0 aliphatic carbocycles. The van der Waals surface area contributed by atoms with Crippen LogP contribution in [0.15, 0.2) is 90.2 Å². The predicted molar refractivity (Wildman–Crippen MR) is 123 cm³/mol. The van der Waals surface area contributed by atoms with E-state index in [4.69, 9.17) is 16.6 Å². The van der Waals surface area contributed by atoms with Crippen molar-refractivity contribution >= 4 is 45.6 Å². The largest absolute Gasteiger partial charge is 0.256 e. The summed E-state index contributed by atoms with van der Waals surface area (Å²) < 4.78 is 0. The first kappa shape index (κ1) is 18.2. The lowest BCUT2D eigenvalue weighted by Gasteiger charge is -2.09. The van der Waals surface area contributed by atoms with Gasteiger partial charge in [0.1, 0.15) is 0 Å². The minimum absolute atomic E-state index is 0.415. The Balaban J connectivity index is 1.53. The van der Waals surface area contributed by atoms with Gasteiger partial charge in [0, 0.05) is 33.1 Å². The minimum atomic E-state index is 0.415. The molecule has 2 aromatic heterocycles. The van der Waals surface area contributed by atoms with E-state index >= 15 is 0 Å². The topological polar surface area (TPSA) is 63.1 Å². The van der Waals surface area contributed by atoms with E-state index in [0.717, 1.165) is 38.6 Å². The molecule has 0 saturated heterocycles. The van der Waals surface area contributed by atoms with E-state index < -0.39 is 0 Å². The van der Waals surface area contributed by atoms with Crippen LogP contribution in [-0.2, 0) is 0 Å². The number of nitrogens with one attached hydrogen (secondary N) is 1. The number of aromatic nitrogens is 3. The van der Waals surface area contributed by atoms with Gasteiger partial charge < -0.3 is 0 Å². The quantitative estimate of drug-likeness (QED) is 0.294. The molecule has 0 saturated carbocycles. The molecule has 1 N–H and O–H groups in total. The molecular formula is C24H16ClN5. The number of halogens is 1. The Morgan fingerprint density at radius 1 is 0.800 bits per heavy atom. The number of hydrazone groups is 1. The minimum Gasteiger partial charge on any atom is -0.256 e. The first-order valence-corrected chi connectivity index (χ1v) is 9.81. The van der Waals surface area contributed by atoms with Crippen LogP contribution < -0.4 is 5.43 Å². The van der Waals surface area contributed by atoms with Crippen molar-refractivity contribution in [3.05, 3.63) is 95.6 Å². The second kappa shape index (κ2) is 7.89. The number of hydrogen-bond acceptors (Lipinski definition) is 5. The first-order valence-electron chi connectivity index (χ1n) is 9.43. The van der Waals surface area contributed by atoms with Crippen LogP contribution in [0, 0.1) is 0 Å². The monoisotopic (exact) mass is 409 g/mol. The summed E-state index contributed by atoms with van der Waals surface area (Å²) in [5.74, 6) is 0.415. The van der Waals surface area contributed by atoms with Crippen molar-refractivity contribution < 1.29 is 0 Å². The summed E-state index contributed by atoms with van der Waals surface area (Å²) in [6, 6.07) is 25.4. The van der Waals surface area contributed by atoms with E-state index in [-0.39, 0.29) is 0 Å². The van der Waals surface area contributed by atoms with E-state index in [1.54, 1.807) is 12.4 Å². The number of benzene rings is 3. The van der Waals surface area contributed by atoms with Crippen LogP contribution in [0.3, 0.4) is 0 Å². The maximum atomic E-state index is 6.22. The molecular weight excluding hydrogens is 394 g/mol. The number of fused-ring (bicyclic) bond motifs is 2.